The Labute approximate surface area is 149 Å². The van der Waals surface area contributed by atoms with Crippen LogP contribution < -0.4 is 10.7 Å². The SMILES string of the molecule is Oc1c(I)cc(Br)cc1/C=N/NC(=S)Nc1ccccc1. The van der Waals surface area contributed by atoms with Crippen molar-refractivity contribution in [1.82, 2.24) is 5.43 Å². The van der Waals surface area contributed by atoms with E-state index in [1.165, 1.54) is 6.21 Å². The number of anilines is 1. The van der Waals surface area contributed by atoms with E-state index in [0.717, 1.165) is 13.7 Å². The van der Waals surface area contributed by atoms with Crippen molar-refractivity contribution in [3.63, 3.8) is 0 Å². The number of nitrogens with zero attached hydrogens (tertiary/aromatic N) is 1. The number of benzene rings is 2. The summed E-state index contributed by atoms with van der Waals surface area (Å²) in [6.07, 6.45) is 1.52. The summed E-state index contributed by atoms with van der Waals surface area (Å²) in [5.41, 5.74) is 4.19. The van der Waals surface area contributed by atoms with Crippen LogP contribution in [0.25, 0.3) is 0 Å². The molecule has 2 aromatic carbocycles. The number of phenols is 1. The molecule has 0 aliphatic heterocycles. The number of halogens is 2. The molecule has 108 valence electrons. The van der Waals surface area contributed by atoms with Crippen molar-refractivity contribution in [3.05, 3.63) is 56.1 Å². The van der Waals surface area contributed by atoms with E-state index in [-0.39, 0.29) is 5.75 Å². The zero-order chi connectivity index (χ0) is 15.2. The second kappa shape index (κ2) is 7.71. The first-order valence-corrected chi connectivity index (χ1v) is 8.17. The Morgan fingerprint density at radius 3 is 2.71 bits per heavy atom. The van der Waals surface area contributed by atoms with E-state index in [2.05, 4.69) is 54.4 Å². The van der Waals surface area contributed by atoms with Crippen LogP contribution in [0.15, 0.2) is 52.0 Å². The molecule has 0 amide bonds. The van der Waals surface area contributed by atoms with Gasteiger partial charge in [-0.3, -0.25) is 5.43 Å². The van der Waals surface area contributed by atoms with Crippen LogP contribution in [0.1, 0.15) is 5.56 Å². The van der Waals surface area contributed by atoms with Crippen molar-refractivity contribution in [1.29, 1.82) is 0 Å². The Morgan fingerprint density at radius 2 is 2.00 bits per heavy atom. The fraction of sp³-hybridized carbons (Fsp3) is 0. The van der Waals surface area contributed by atoms with Crippen LogP contribution in [-0.4, -0.2) is 16.4 Å². The highest BCUT2D eigenvalue weighted by molar-refractivity contribution is 14.1. The molecule has 0 atom stereocenters. The predicted molar refractivity (Wildman–Crippen MR) is 102 cm³/mol. The number of rotatable bonds is 3. The van der Waals surface area contributed by atoms with Crippen LogP contribution in [0.3, 0.4) is 0 Å². The van der Waals surface area contributed by atoms with Gasteiger partial charge in [0.2, 0.25) is 0 Å². The van der Waals surface area contributed by atoms with Gasteiger partial charge in [0.25, 0.3) is 0 Å². The van der Waals surface area contributed by atoms with Crippen molar-refractivity contribution in [2.24, 2.45) is 5.10 Å². The van der Waals surface area contributed by atoms with Crippen molar-refractivity contribution in [3.8, 4) is 5.75 Å². The molecule has 0 radical (unpaired) electrons. The van der Waals surface area contributed by atoms with Crippen LogP contribution >= 0.6 is 50.7 Å². The molecule has 0 aliphatic rings. The number of para-hydroxylation sites is 1. The van der Waals surface area contributed by atoms with Gasteiger partial charge in [0, 0.05) is 15.7 Å². The lowest BCUT2D eigenvalue weighted by Crippen LogP contribution is -2.23. The van der Waals surface area contributed by atoms with Crippen molar-refractivity contribution in [2.75, 3.05) is 5.32 Å². The second-order valence-corrected chi connectivity index (χ2v) is 6.50. The molecule has 3 N–H and O–H groups in total. The molecule has 2 rings (SSSR count). The summed E-state index contributed by atoms with van der Waals surface area (Å²) in [5, 5.41) is 17.3. The Bertz CT molecular complexity index is 679. The molecule has 0 fully saturated rings. The van der Waals surface area contributed by atoms with Gasteiger partial charge in [0.1, 0.15) is 5.75 Å². The number of phenolic OH excluding ortho intramolecular Hbond substituents is 1. The number of hydrazone groups is 1. The van der Waals surface area contributed by atoms with Gasteiger partial charge < -0.3 is 10.4 Å². The first-order valence-electron chi connectivity index (χ1n) is 5.89. The molecule has 0 aromatic heterocycles. The summed E-state index contributed by atoms with van der Waals surface area (Å²) in [6.45, 7) is 0. The summed E-state index contributed by atoms with van der Waals surface area (Å²) < 4.78 is 1.62. The molecule has 0 spiro atoms. The van der Waals surface area contributed by atoms with Crippen LogP contribution in [-0.2, 0) is 0 Å². The maximum atomic E-state index is 9.93. The topological polar surface area (TPSA) is 56.7 Å². The molecule has 0 heterocycles. The minimum Gasteiger partial charge on any atom is -0.506 e. The number of thiocarbonyl (C=S) groups is 1. The molecule has 0 aliphatic carbocycles. The van der Waals surface area contributed by atoms with Gasteiger partial charge in [-0.15, -0.1) is 0 Å². The van der Waals surface area contributed by atoms with Gasteiger partial charge in [-0.05, 0) is 59.1 Å². The maximum absolute atomic E-state index is 9.93. The van der Waals surface area contributed by atoms with E-state index in [1.807, 2.05) is 36.4 Å². The standard InChI is InChI=1S/C14H11BrIN3OS/c15-10-6-9(13(20)12(16)7-10)8-17-19-14(21)18-11-4-2-1-3-5-11/h1-8,20H,(H2,18,19,21)/b17-8+. The molecule has 0 unspecified atom stereocenters. The number of hydrogen-bond donors (Lipinski definition) is 3. The third-order valence-corrected chi connectivity index (χ3v) is 3.93. The van der Waals surface area contributed by atoms with E-state index in [4.69, 9.17) is 12.2 Å². The zero-order valence-corrected chi connectivity index (χ0v) is 15.2. The van der Waals surface area contributed by atoms with Gasteiger partial charge in [-0.2, -0.15) is 5.10 Å². The summed E-state index contributed by atoms with van der Waals surface area (Å²) >= 11 is 10.6. The summed E-state index contributed by atoms with van der Waals surface area (Å²) in [6, 6.07) is 13.2. The first-order chi connectivity index (χ1) is 10.1. The minimum atomic E-state index is 0.186. The fourth-order valence-corrected chi connectivity index (χ4v) is 3.25. The predicted octanol–water partition coefficient (Wildman–Crippen LogP) is 4.08. The molecule has 0 saturated heterocycles. The van der Waals surface area contributed by atoms with E-state index in [1.54, 1.807) is 6.07 Å². The number of aromatic hydroxyl groups is 1. The Kier molecular flexibility index (Phi) is 5.95. The van der Waals surface area contributed by atoms with Crippen LogP contribution in [0.4, 0.5) is 5.69 Å². The number of hydrogen-bond acceptors (Lipinski definition) is 3. The molecule has 4 nitrogen and oxygen atoms in total. The fourth-order valence-electron chi connectivity index (χ4n) is 1.53. The molecule has 0 saturated carbocycles. The first kappa shape index (κ1) is 16.2. The van der Waals surface area contributed by atoms with Crippen molar-refractivity contribution >= 4 is 67.8 Å². The summed E-state index contributed by atoms with van der Waals surface area (Å²) in [7, 11) is 0. The van der Waals surface area contributed by atoms with Gasteiger partial charge in [-0.25, -0.2) is 0 Å². The van der Waals surface area contributed by atoms with Gasteiger partial charge >= 0.3 is 0 Å². The molecule has 21 heavy (non-hydrogen) atoms. The minimum absolute atomic E-state index is 0.186. The van der Waals surface area contributed by atoms with E-state index >= 15 is 0 Å². The normalized spacial score (nSPS) is 10.6. The average Bonchev–Trinajstić information content (AvgIpc) is 2.45. The van der Waals surface area contributed by atoms with Crippen LogP contribution in [0.5, 0.6) is 5.75 Å². The monoisotopic (exact) mass is 475 g/mol. The summed E-state index contributed by atoms with van der Waals surface area (Å²) in [5.74, 6) is 0.186. The molecule has 0 bridgehead atoms. The Hall–Kier alpha value is -1.19. The average molecular weight is 476 g/mol. The third-order valence-electron chi connectivity index (χ3n) is 2.46. The van der Waals surface area contributed by atoms with E-state index in [0.29, 0.717) is 10.7 Å². The highest BCUT2D eigenvalue weighted by Crippen LogP contribution is 2.27. The molecular formula is C14H11BrIN3OS. The lowest BCUT2D eigenvalue weighted by molar-refractivity contribution is 0.470. The zero-order valence-electron chi connectivity index (χ0n) is 10.7. The van der Waals surface area contributed by atoms with Gasteiger partial charge in [-0.1, -0.05) is 34.1 Å². The Balaban J connectivity index is 1.98. The summed E-state index contributed by atoms with van der Waals surface area (Å²) in [4.78, 5) is 0. The number of nitrogens with one attached hydrogen (secondary N) is 2. The van der Waals surface area contributed by atoms with Gasteiger partial charge in [0.15, 0.2) is 5.11 Å². The molecule has 7 heteroatoms. The largest absolute Gasteiger partial charge is 0.506 e. The lowest BCUT2D eigenvalue weighted by Gasteiger charge is -2.06. The smallest absolute Gasteiger partial charge is 0.191 e. The lowest BCUT2D eigenvalue weighted by atomic mass is 10.2. The van der Waals surface area contributed by atoms with Crippen molar-refractivity contribution in [2.45, 2.75) is 0 Å². The quantitative estimate of drug-likeness (QED) is 0.271. The highest BCUT2D eigenvalue weighted by Gasteiger charge is 2.05. The van der Waals surface area contributed by atoms with E-state index < -0.39 is 0 Å². The van der Waals surface area contributed by atoms with E-state index in [9.17, 15) is 5.11 Å². The van der Waals surface area contributed by atoms with Gasteiger partial charge in [0.05, 0.1) is 9.78 Å². The maximum Gasteiger partial charge on any atom is 0.191 e. The highest BCUT2D eigenvalue weighted by atomic mass is 127. The Morgan fingerprint density at radius 1 is 1.29 bits per heavy atom. The molecular weight excluding hydrogens is 465 g/mol. The molecule has 2 aromatic rings. The van der Waals surface area contributed by atoms with Crippen LogP contribution in [0, 0.1) is 3.57 Å². The third kappa shape index (κ3) is 4.94. The second-order valence-electron chi connectivity index (χ2n) is 4.02. The van der Waals surface area contributed by atoms with Crippen LogP contribution in [0.2, 0.25) is 0 Å². The van der Waals surface area contributed by atoms with Crippen molar-refractivity contribution < 1.29 is 5.11 Å².